The fourth-order valence-electron chi connectivity index (χ4n) is 3.53. The number of furan rings is 1. The van der Waals surface area contributed by atoms with E-state index < -0.39 is 18.0 Å². The Morgan fingerprint density at radius 3 is 2.16 bits per heavy atom. The molecule has 0 bridgehead atoms. The van der Waals surface area contributed by atoms with Gasteiger partial charge in [0.15, 0.2) is 0 Å². The number of fused-ring (bicyclic) bond motifs is 1. The summed E-state index contributed by atoms with van der Waals surface area (Å²) in [5.74, 6) is -0.879. The molecule has 1 heterocycles. The molecule has 1 amide bonds. The molecule has 3 aromatic carbocycles. The molecule has 4 N–H and O–H groups in total. The molecule has 0 spiro atoms. The van der Waals surface area contributed by atoms with E-state index in [0.29, 0.717) is 28.2 Å². The van der Waals surface area contributed by atoms with Gasteiger partial charge in [0.05, 0.1) is 18.7 Å². The molecule has 10 heteroatoms. The predicted octanol–water partition coefficient (Wildman–Crippen LogP) is 4.64. The summed E-state index contributed by atoms with van der Waals surface area (Å²) in [6.07, 6.45) is 0. The molecule has 0 saturated carbocycles. The Morgan fingerprint density at radius 1 is 0.865 bits per heavy atom. The maximum absolute atomic E-state index is 12.6. The first-order chi connectivity index (χ1) is 17.2. The molecule has 190 valence electrons. The van der Waals surface area contributed by atoms with Crippen LogP contribution in [0.1, 0.15) is 55.6 Å². The Hall–Kier alpha value is -4.63. The molecular formula is C27H24ClN3O6. The number of esters is 2. The number of nitrogens with one attached hydrogen (secondary N) is 2. The number of methoxy groups -OCH3 is 1. The van der Waals surface area contributed by atoms with Crippen molar-refractivity contribution in [3.63, 3.8) is 0 Å². The topological polar surface area (TPSA) is 145 Å². The molecule has 0 aliphatic heterocycles. The number of nitrogens with two attached hydrogens (primary N) is 1. The maximum atomic E-state index is 12.6. The average molecular weight is 522 g/mol. The van der Waals surface area contributed by atoms with Gasteiger partial charge in [-0.2, -0.15) is 0 Å². The SMILES string of the molecule is COC(=O)c1ccc(C(=O)NC(C)c2ccc(C(=O)Oc3ccc4cc(C(=N)N)ccc4c3)o2)cc1.Cl. The molecule has 0 fully saturated rings. The summed E-state index contributed by atoms with van der Waals surface area (Å²) < 4.78 is 15.7. The van der Waals surface area contributed by atoms with Gasteiger partial charge < -0.3 is 24.9 Å². The van der Waals surface area contributed by atoms with Crippen molar-refractivity contribution in [2.24, 2.45) is 5.73 Å². The van der Waals surface area contributed by atoms with Crippen molar-refractivity contribution in [2.75, 3.05) is 7.11 Å². The number of carbonyl (C=O) groups is 3. The van der Waals surface area contributed by atoms with Crippen molar-refractivity contribution in [3.8, 4) is 5.75 Å². The Morgan fingerprint density at radius 2 is 1.49 bits per heavy atom. The summed E-state index contributed by atoms with van der Waals surface area (Å²) in [5.41, 5.74) is 6.83. The summed E-state index contributed by atoms with van der Waals surface area (Å²) in [6.45, 7) is 1.72. The summed E-state index contributed by atoms with van der Waals surface area (Å²) >= 11 is 0. The number of benzene rings is 3. The predicted molar refractivity (Wildman–Crippen MR) is 140 cm³/mol. The van der Waals surface area contributed by atoms with E-state index in [-0.39, 0.29) is 29.9 Å². The first-order valence-electron chi connectivity index (χ1n) is 10.9. The van der Waals surface area contributed by atoms with Crippen LogP contribution in [0.15, 0.2) is 77.2 Å². The van der Waals surface area contributed by atoms with Gasteiger partial charge in [-0.1, -0.05) is 18.2 Å². The highest BCUT2D eigenvalue weighted by molar-refractivity contribution is 5.99. The van der Waals surface area contributed by atoms with Crippen LogP contribution in [-0.4, -0.2) is 30.8 Å². The third-order valence-corrected chi connectivity index (χ3v) is 5.50. The van der Waals surface area contributed by atoms with Crippen LogP contribution < -0.4 is 15.8 Å². The first kappa shape index (κ1) is 27.0. The molecule has 1 aromatic heterocycles. The molecule has 1 atom stereocenters. The number of hydrogen-bond acceptors (Lipinski definition) is 7. The lowest BCUT2D eigenvalue weighted by atomic mass is 10.1. The van der Waals surface area contributed by atoms with Gasteiger partial charge >= 0.3 is 11.9 Å². The number of halogens is 1. The number of rotatable bonds is 7. The zero-order chi connectivity index (χ0) is 25.8. The lowest BCUT2D eigenvalue weighted by molar-refractivity contribution is 0.0599. The maximum Gasteiger partial charge on any atom is 0.379 e. The van der Waals surface area contributed by atoms with Crippen LogP contribution in [0.2, 0.25) is 0 Å². The van der Waals surface area contributed by atoms with Gasteiger partial charge in [0.25, 0.3) is 5.91 Å². The number of carbonyl (C=O) groups excluding carboxylic acids is 3. The molecule has 9 nitrogen and oxygen atoms in total. The highest BCUT2D eigenvalue weighted by Gasteiger charge is 2.19. The lowest BCUT2D eigenvalue weighted by Crippen LogP contribution is -2.26. The van der Waals surface area contributed by atoms with Crippen LogP contribution in [0.3, 0.4) is 0 Å². The third kappa shape index (κ3) is 6.14. The van der Waals surface area contributed by atoms with Gasteiger partial charge in [-0.15, -0.1) is 12.4 Å². The number of ether oxygens (including phenoxy) is 2. The Balaban J connectivity index is 0.00000380. The van der Waals surface area contributed by atoms with Crippen LogP contribution in [0.4, 0.5) is 0 Å². The number of nitrogen functional groups attached to an aromatic ring is 1. The quantitative estimate of drug-likeness (QED) is 0.139. The number of hydrogen-bond donors (Lipinski definition) is 3. The zero-order valence-corrected chi connectivity index (χ0v) is 20.8. The van der Waals surface area contributed by atoms with Gasteiger partial charge in [-0.3, -0.25) is 10.2 Å². The lowest BCUT2D eigenvalue weighted by Gasteiger charge is -2.12. The summed E-state index contributed by atoms with van der Waals surface area (Å²) in [7, 11) is 1.28. The number of amides is 1. The summed E-state index contributed by atoms with van der Waals surface area (Å²) in [6, 6.07) is 19.0. The molecule has 4 rings (SSSR count). The molecule has 0 aliphatic carbocycles. The molecule has 0 aliphatic rings. The van der Waals surface area contributed by atoms with E-state index in [9.17, 15) is 14.4 Å². The fourth-order valence-corrected chi connectivity index (χ4v) is 3.53. The van der Waals surface area contributed by atoms with Crippen molar-refractivity contribution < 1.29 is 28.3 Å². The Bertz CT molecular complexity index is 1480. The fraction of sp³-hybridized carbons (Fsp3) is 0.111. The van der Waals surface area contributed by atoms with Crippen molar-refractivity contribution in [2.45, 2.75) is 13.0 Å². The molecule has 4 aromatic rings. The van der Waals surface area contributed by atoms with Gasteiger partial charge in [-0.25, -0.2) is 9.59 Å². The standard InChI is InChI=1S/C27H23N3O6.ClH/c1-15(30-25(31)16-3-5-17(6-4-16)26(32)34-2)22-11-12-23(36-22)27(33)35-21-10-9-18-13-20(24(28)29)8-7-19(18)14-21;/h3-15H,1-2H3,(H3,28,29)(H,30,31);1H. The van der Waals surface area contributed by atoms with Gasteiger partial charge in [0, 0.05) is 11.1 Å². The average Bonchev–Trinajstić information content (AvgIpc) is 3.39. The van der Waals surface area contributed by atoms with Crippen LogP contribution in [0, 0.1) is 5.41 Å². The van der Waals surface area contributed by atoms with Crippen LogP contribution in [0.5, 0.6) is 5.75 Å². The number of amidine groups is 1. The van der Waals surface area contributed by atoms with E-state index in [1.807, 2.05) is 0 Å². The largest absolute Gasteiger partial charge is 0.465 e. The highest BCUT2D eigenvalue weighted by atomic mass is 35.5. The Labute approximate surface area is 218 Å². The van der Waals surface area contributed by atoms with Crippen molar-refractivity contribution >= 4 is 46.9 Å². The summed E-state index contributed by atoms with van der Waals surface area (Å²) in [4.78, 5) is 36.7. The first-order valence-corrected chi connectivity index (χ1v) is 10.9. The summed E-state index contributed by atoms with van der Waals surface area (Å²) in [5, 5.41) is 12.0. The van der Waals surface area contributed by atoms with E-state index in [1.54, 1.807) is 49.4 Å². The van der Waals surface area contributed by atoms with Crippen molar-refractivity contribution in [1.82, 2.24) is 5.32 Å². The third-order valence-electron chi connectivity index (χ3n) is 5.50. The van der Waals surface area contributed by atoms with Crippen molar-refractivity contribution in [1.29, 1.82) is 5.41 Å². The minimum Gasteiger partial charge on any atom is -0.465 e. The van der Waals surface area contributed by atoms with Gasteiger partial charge in [-0.05, 0) is 72.3 Å². The second-order valence-electron chi connectivity index (χ2n) is 7.99. The van der Waals surface area contributed by atoms with E-state index in [4.69, 9.17) is 20.3 Å². The highest BCUT2D eigenvalue weighted by Crippen LogP contribution is 2.24. The molecular weight excluding hydrogens is 498 g/mol. The minimum absolute atomic E-state index is 0. The molecule has 37 heavy (non-hydrogen) atoms. The van der Waals surface area contributed by atoms with Crippen LogP contribution in [0.25, 0.3) is 10.8 Å². The smallest absolute Gasteiger partial charge is 0.379 e. The van der Waals surface area contributed by atoms with Crippen LogP contribution >= 0.6 is 12.4 Å². The second kappa shape index (κ2) is 11.4. The Kier molecular flexibility index (Phi) is 8.31. The van der Waals surface area contributed by atoms with Gasteiger partial charge in [0.2, 0.25) is 5.76 Å². The minimum atomic E-state index is -0.683. The normalized spacial score (nSPS) is 11.2. The molecule has 0 radical (unpaired) electrons. The van der Waals surface area contributed by atoms with E-state index in [1.165, 1.54) is 37.4 Å². The zero-order valence-electron chi connectivity index (χ0n) is 19.9. The second-order valence-corrected chi connectivity index (χ2v) is 7.99. The van der Waals surface area contributed by atoms with Crippen LogP contribution in [-0.2, 0) is 4.74 Å². The molecule has 0 saturated heterocycles. The van der Waals surface area contributed by atoms with Gasteiger partial charge in [0.1, 0.15) is 17.3 Å². The van der Waals surface area contributed by atoms with E-state index >= 15 is 0 Å². The molecule has 1 unspecified atom stereocenters. The van der Waals surface area contributed by atoms with E-state index in [2.05, 4.69) is 10.1 Å². The van der Waals surface area contributed by atoms with Crippen molar-refractivity contribution in [3.05, 3.63) is 101 Å². The monoisotopic (exact) mass is 521 g/mol. The van der Waals surface area contributed by atoms with E-state index in [0.717, 1.165) is 10.8 Å².